The Morgan fingerprint density at radius 2 is 1.71 bits per heavy atom. The summed E-state index contributed by atoms with van der Waals surface area (Å²) in [7, 11) is 0. The molecule has 1 aromatic carbocycles. The molecule has 3 nitrogen and oxygen atoms in total. The first-order valence-electron chi connectivity index (χ1n) is 7.36. The smallest absolute Gasteiger partial charge is 0.131 e. The monoisotopic (exact) mass is 285 g/mol. The standard InChI is InChI=1S/C18H23NO2/c1-11(2)16-8-14(18(20)17(9-16)12(3)4)6-7-15-10-21-19-13(15)5/h6-12,20H,1-5H3. The van der Waals surface area contributed by atoms with Crippen molar-refractivity contribution in [2.75, 3.05) is 0 Å². The number of hydrogen-bond acceptors (Lipinski definition) is 3. The van der Waals surface area contributed by atoms with Gasteiger partial charge in [0.25, 0.3) is 0 Å². The zero-order chi connectivity index (χ0) is 15.6. The molecule has 1 heterocycles. The molecule has 2 aromatic rings. The lowest BCUT2D eigenvalue weighted by molar-refractivity contribution is 0.415. The topological polar surface area (TPSA) is 46.3 Å². The highest BCUT2D eigenvalue weighted by atomic mass is 16.5. The van der Waals surface area contributed by atoms with Gasteiger partial charge < -0.3 is 9.63 Å². The third-order valence-corrected chi connectivity index (χ3v) is 3.71. The summed E-state index contributed by atoms with van der Waals surface area (Å²) in [6.07, 6.45) is 5.46. The van der Waals surface area contributed by atoms with Gasteiger partial charge in [-0.25, -0.2) is 0 Å². The number of aromatic nitrogens is 1. The van der Waals surface area contributed by atoms with Crippen molar-refractivity contribution in [3.05, 3.63) is 46.3 Å². The van der Waals surface area contributed by atoms with Gasteiger partial charge in [-0.05, 0) is 42.0 Å². The highest BCUT2D eigenvalue weighted by molar-refractivity contribution is 5.74. The Hall–Kier alpha value is -2.03. The summed E-state index contributed by atoms with van der Waals surface area (Å²) in [6, 6.07) is 4.15. The summed E-state index contributed by atoms with van der Waals surface area (Å²) >= 11 is 0. The second-order valence-corrected chi connectivity index (χ2v) is 6.05. The minimum absolute atomic E-state index is 0.285. The second-order valence-electron chi connectivity index (χ2n) is 6.05. The average Bonchev–Trinajstić information content (AvgIpc) is 2.82. The molecule has 0 radical (unpaired) electrons. The highest BCUT2D eigenvalue weighted by Gasteiger charge is 2.13. The van der Waals surface area contributed by atoms with Crippen LogP contribution < -0.4 is 0 Å². The molecule has 0 spiro atoms. The SMILES string of the molecule is Cc1nocc1C=Cc1cc(C(C)C)cc(C(C)C)c1O. The summed E-state index contributed by atoms with van der Waals surface area (Å²) in [5, 5.41) is 14.3. The molecule has 0 fully saturated rings. The fraction of sp³-hybridized carbons (Fsp3) is 0.389. The van der Waals surface area contributed by atoms with Gasteiger partial charge in [-0.3, -0.25) is 0 Å². The predicted octanol–water partition coefficient (Wildman–Crippen LogP) is 5.11. The van der Waals surface area contributed by atoms with Crippen molar-refractivity contribution in [2.45, 2.75) is 46.5 Å². The van der Waals surface area contributed by atoms with E-state index in [2.05, 4.69) is 38.9 Å². The van der Waals surface area contributed by atoms with E-state index in [4.69, 9.17) is 4.52 Å². The van der Waals surface area contributed by atoms with Gasteiger partial charge in [-0.2, -0.15) is 0 Å². The lowest BCUT2D eigenvalue weighted by Gasteiger charge is -2.15. The third kappa shape index (κ3) is 3.35. The van der Waals surface area contributed by atoms with Crippen molar-refractivity contribution in [1.82, 2.24) is 5.16 Å². The van der Waals surface area contributed by atoms with Crippen molar-refractivity contribution >= 4 is 12.2 Å². The summed E-state index contributed by atoms with van der Waals surface area (Å²) in [5.74, 6) is 1.07. The second kappa shape index (κ2) is 6.17. The molecule has 0 saturated carbocycles. The predicted molar refractivity (Wildman–Crippen MR) is 86.5 cm³/mol. The van der Waals surface area contributed by atoms with E-state index < -0.39 is 0 Å². The van der Waals surface area contributed by atoms with Crippen molar-refractivity contribution in [3.63, 3.8) is 0 Å². The molecule has 21 heavy (non-hydrogen) atoms. The summed E-state index contributed by atoms with van der Waals surface area (Å²) < 4.78 is 4.92. The number of hydrogen-bond donors (Lipinski definition) is 1. The van der Waals surface area contributed by atoms with E-state index in [1.807, 2.05) is 25.1 Å². The maximum absolute atomic E-state index is 10.5. The normalized spacial score (nSPS) is 12.0. The Morgan fingerprint density at radius 3 is 2.24 bits per heavy atom. The van der Waals surface area contributed by atoms with E-state index in [-0.39, 0.29) is 5.92 Å². The van der Waals surface area contributed by atoms with Gasteiger partial charge in [-0.1, -0.05) is 45.0 Å². The summed E-state index contributed by atoms with van der Waals surface area (Å²) in [6.45, 7) is 10.4. The van der Waals surface area contributed by atoms with Crippen molar-refractivity contribution < 1.29 is 9.63 Å². The Labute approximate surface area is 126 Å². The molecule has 0 unspecified atom stereocenters. The maximum atomic E-state index is 10.5. The minimum Gasteiger partial charge on any atom is -0.507 e. The van der Waals surface area contributed by atoms with Crippen LogP contribution in [0.3, 0.4) is 0 Å². The Bertz CT molecular complexity index is 651. The van der Waals surface area contributed by atoms with E-state index in [0.29, 0.717) is 11.7 Å². The average molecular weight is 285 g/mol. The van der Waals surface area contributed by atoms with Crippen molar-refractivity contribution in [2.24, 2.45) is 0 Å². The first kappa shape index (κ1) is 15.4. The summed E-state index contributed by atoms with van der Waals surface area (Å²) in [4.78, 5) is 0. The van der Waals surface area contributed by atoms with Crippen LogP contribution in [0.25, 0.3) is 12.2 Å². The first-order valence-corrected chi connectivity index (χ1v) is 7.36. The molecule has 2 rings (SSSR count). The minimum atomic E-state index is 0.285. The zero-order valence-corrected chi connectivity index (χ0v) is 13.3. The van der Waals surface area contributed by atoms with E-state index >= 15 is 0 Å². The van der Waals surface area contributed by atoms with Gasteiger partial charge in [0.2, 0.25) is 0 Å². The van der Waals surface area contributed by atoms with Gasteiger partial charge in [0, 0.05) is 11.1 Å². The molecule has 0 atom stereocenters. The van der Waals surface area contributed by atoms with Crippen LogP contribution in [-0.2, 0) is 0 Å². The van der Waals surface area contributed by atoms with Crippen LogP contribution in [0.5, 0.6) is 5.75 Å². The Balaban J connectivity index is 2.47. The molecule has 0 aliphatic carbocycles. The van der Waals surface area contributed by atoms with Gasteiger partial charge in [0.15, 0.2) is 0 Å². The van der Waals surface area contributed by atoms with Crippen LogP contribution in [0.2, 0.25) is 0 Å². The largest absolute Gasteiger partial charge is 0.507 e. The quantitative estimate of drug-likeness (QED) is 0.849. The van der Waals surface area contributed by atoms with Crippen LogP contribution in [-0.4, -0.2) is 10.3 Å². The van der Waals surface area contributed by atoms with Crippen LogP contribution in [0.4, 0.5) is 0 Å². The number of phenolic OH excluding ortho intramolecular Hbond substituents is 1. The van der Waals surface area contributed by atoms with E-state index in [1.54, 1.807) is 6.26 Å². The number of phenols is 1. The van der Waals surface area contributed by atoms with Gasteiger partial charge >= 0.3 is 0 Å². The van der Waals surface area contributed by atoms with E-state index in [0.717, 1.165) is 22.4 Å². The van der Waals surface area contributed by atoms with Crippen LogP contribution >= 0.6 is 0 Å². The molecule has 1 N–H and O–H groups in total. The third-order valence-electron chi connectivity index (χ3n) is 3.71. The molecule has 0 amide bonds. The van der Waals surface area contributed by atoms with E-state index in [1.165, 1.54) is 5.56 Å². The fourth-order valence-electron chi connectivity index (χ4n) is 2.24. The first-order chi connectivity index (χ1) is 9.90. The molecule has 3 heteroatoms. The van der Waals surface area contributed by atoms with Gasteiger partial charge in [-0.15, -0.1) is 0 Å². The number of benzene rings is 1. The molecule has 0 aliphatic heterocycles. The van der Waals surface area contributed by atoms with E-state index in [9.17, 15) is 5.11 Å². The molecule has 112 valence electrons. The lowest BCUT2D eigenvalue weighted by Crippen LogP contribution is -1.96. The fourth-order valence-corrected chi connectivity index (χ4v) is 2.24. The van der Waals surface area contributed by atoms with Crippen LogP contribution in [0, 0.1) is 6.92 Å². The lowest BCUT2D eigenvalue weighted by atomic mass is 9.91. The van der Waals surface area contributed by atoms with Crippen molar-refractivity contribution in [3.8, 4) is 5.75 Å². The molecule has 0 bridgehead atoms. The van der Waals surface area contributed by atoms with Crippen LogP contribution in [0.15, 0.2) is 22.9 Å². The number of aromatic hydroxyl groups is 1. The zero-order valence-electron chi connectivity index (χ0n) is 13.3. The highest BCUT2D eigenvalue weighted by Crippen LogP contribution is 2.34. The van der Waals surface area contributed by atoms with Gasteiger partial charge in [0.1, 0.15) is 12.0 Å². The molecular weight excluding hydrogens is 262 g/mol. The maximum Gasteiger partial charge on any atom is 0.131 e. The number of nitrogens with zero attached hydrogens (tertiary/aromatic N) is 1. The Morgan fingerprint density at radius 1 is 1.05 bits per heavy atom. The number of aryl methyl sites for hydroxylation is 1. The molecule has 1 aromatic heterocycles. The molecule has 0 aliphatic rings. The molecular formula is C18H23NO2. The van der Waals surface area contributed by atoms with Gasteiger partial charge in [0.05, 0.1) is 5.69 Å². The summed E-state index contributed by atoms with van der Waals surface area (Å²) in [5.41, 5.74) is 4.83. The van der Waals surface area contributed by atoms with Crippen molar-refractivity contribution in [1.29, 1.82) is 0 Å². The number of rotatable bonds is 4. The van der Waals surface area contributed by atoms with Crippen LogP contribution in [0.1, 0.15) is 67.5 Å². The molecule has 0 saturated heterocycles. The Kier molecular flexibility index (Phi) is 4.51.